The average molecular weight is 1180 g/mol. The van der Waals surface area contributed by atoms with Crippen LogP contribution in [0.5, 0.6) is 34.5 Å². The zero-order valence-corrected chi connectivity index (χ0v) is 50.4. The maximum Gasteiger partial charge on any atom is 0.412 e. The monoisotopic (exact) mass is 1170 g/mol. The van der Waals surface area contributed by atoms with Gasteiger partial charge in [0.1, 0.15) is 17.7 Å². The number of carbonyl (C=O) groups is 4. The average Bonchev–Trinajstić information content (AvgIpc) is 3.99. The number of rotatable bonds is 24. The van der Waals surface area contributed by atoms with E-state index in [2.05, 4.69) is 41.5 Å². The van der Waals surface area contributed by atoms with E-state index in [-0.39, 0.29) is 35.6 Å². The Labute approximate surface area is 492 Å². The summed E-state index contributed by atoms with van der Waals surface area (Å²) in [5.41, 5.74) is 5.71. The summed E-state index contributed by atoms with van der Waals surface area (Å²) in [7, 11) is 11.9. The third kappa shape index (κ3) is 15.0. The molecule has 0 spiro atoms. The van der Waals surface area contributed by atoms with E-state index >= 15 is 9.59 Å². The van der Waals surface area contributed by atoms with E-state index in [1.165, 1.54) is 21.6 Å². The summed E-state index contributed by atoms with van der Waals surface area (Å²) in [5, 5.41) is 15.8. The molecule has 0 aliphatic carbocycles. The predicted molar refractivity (Wildman–Crippen MR) is 319 cm³/mol. The first-order valence-corrected chi connectivity index (χ1v) is 29.8. The zero-order chi connectivity index (χ0) is 59.4. The zero-order valence-electron chi connectivity index (χ0n) is 48.7. The molecule has 4 heterocycles. The van der Waals surface area contributed by atoms with E-state index < -0.39 is 42.0 Å². The minimum absolute atomic E-state index is 0.0618. The lowest BCUT2D eigenvalue weighted by atomic mass is 9.98. The minimum atomic E-state index is -1.10. The van der Waals surface area contributed by atoms with Crippen LogP contribution in [-0.2, 0) is 45.0 Å². The molecular formula is C61H74N8O12S2. The third-order valence-corrected chi connectivity index (χ3v) is 16.6. The van der Waals surface area contributed by atoms with Crippen molar-refractivity contribution in [3.8, 4) is 57.0 Å². The normalized spacial score (nSPS) is 15.4. The standard InChI is InChI=1S/C61H74N8O12S2/c1-38(2)80-59(72)62-45(57(70)66-26-28-68-49(47(66)24-22-39-18-14-12-15-19-39)34-43(64-68)41-30-51(74-6)55(78-10)52(31-41)75-7)36-82-83-37-46(63-60(73)81-61(3,4)5)58(71)67-27-29-69-50(48(67)25-23-40-20-16-13-17-21-40)35-44(65-69)42-32-53(76-8)56(79-11)54(33-42)77-9/h12-21,30-35,45-48H,1,22-29,36-37H2,2-11H3,(H,62,72)(H,63,73)/t45-,46-,47?,48?/m0/s1. The van der Waals surface area contributed by atoms with Crippen molar-refractivity contribution in [3.63, 3.8) is 0 Å². The summed E-state index contributed by atoms with van der Waals surface area (Å²) in [6.07, 6.45) is 0.769. The van der Waals surface area contributed by atoms with Crippen molar-refractivity contribution in [2.24, 2.45) is 0 Å². The van der Waals surface area contributed by atoms with Crippen molar-refractivity contribution in [2.75, 3.05) is 67.3 Å². The lowest BCUT2D eigenvalue weighted by Gasteiger charge is -2.38. The van der Waals surface area contributed by atoms with Crippen LogP contribution in [0.3, 0.4) is 0 Å². The molecule has 2 aliphatic heterocycles. The van der Waals surface area contributed by atoms with Gasteiger partial charge in [0, 0.05) is 35.7 Å². The molecule has 2 aliphatic rings. The Morgan fingerprint density at radius 3 is 1.31 bits per heavy atom. The molecule has 0 bridgehead atoms. The fourth-order valence-electron chi connectivity index (χ4n) is 10.3. The summed E-state index contributed by atoms with van der Waals surface area (Å²) in [6.45, 7) is 11.9. The topological polar surface area (TPSA) is 208 Å². The van der Waals surface area contributed by atoms with E-state index in [1.807, 2.05) is 87.1 Å². The second-order valence-corrected chi connectivity index (χ2v) is 23.4. The molecule has 2 unspecified atom stereocenters. The molecule has 6 aromatic rings. The van der Waals surface area contributed by atoms with Crippen LogP contribution in [0.1, 0.15) is 75.1 Å². The highest BCUT2D eigenvalue weighted by Crippen LogP contribution is 2.44. The van der Waals surface area contributed by atoms with Gasteiger partial charge in [0.2, 0.25) is 23.3 Å². The smallest absolute Gasteiger partial charge is 0.412 e. The van der Waals surface area contributed by atoms with Crippen LogP contribution in [0, 0.1) is 0 Å². The first-order chi connectivity index (χ1) is 39.9. The summed E-state index contributed by atoms with van der Waals surface area (Å²) in [5.74, 6) is 2.41. The van der Waals surface area contributed by atoms with Gasteiger partial charge < -0.3 is 58.3 Å². The molecule has 8 rings (SSSR count). The summed E-state index contributed by atoms with van der Waals surface area (Å²) < 4.78 is 48.9. The SMILES string of the molecule is C=C(C)OC(=O)N[C@@H](CSSC[C@H](NC(=O)OC(C)(C)C)C(=O)N1CCn2nc(-c3cc(OC)c(OC)c(OC)c3)cc2C1CCc1ccccc1)C(=O)N1CCn2nc(-c3cc(OC)c(OC)c(OC)c3)cc2C1CCc1ccccc1. The number of alkyl carbamates (subject to hydrolysis) is 2. The Balaban J connectivity index is 1.07. The van der Waals surface area contributed by atoms with Gasteiger partial charge in [-0.3, -0.25) is 19.0 Å². The number of fused-ring (bicyclic) bond motifs is 2. The number of ether oxygens (including phenoxy) is 8. The maximum atomic E-state index is 15.3. The molecule has 0 fully saturated rings. The molecule has 0 radical (unpaired) electrons. The van der Waals surface area contributed by atoms with Crippen molar-refractivity contribution >= 4 is 45.6 Å². The van der Waals surface area contributed by atoms with Crippen molar-refractivity contribution in [1.82, 2.24) is 40.0 Å². The number of aryl methyl sites for hydroxylation is 2. The van der Waals surface area contributed by atoms with E-state index in [4.69, 9.17) is 48.1 Å². The molecule has 22 heteroatoms. The summed E-state index contributed by atoms with van der Waals surface area (Å²) in [4.78, 5) is 61.3. The molecule has 442 valence electrons. The Bertz CT molecular complexity index is 3190. The Morgan fingerprint density at radius 1 is 0.578 bits per heavy atom. The van der Waals surface area contributed by atoms with Crippen molar-refractivity contribution in [2.45, 2.75) is 96.2 Å². The van der Waals surface area contributed by atoms with E-state index in [1.54, 1.807) is 75.3 Å². The molecule has 4 aromatic carbocycles. The van der Waals surface area contributed by atoms with Crippen molar-refractivity contribution in [3.05, 3.63) is 132 Å². The Hall–Kier alpha value is -7.98. The number of nitrogens with zero attached hydrogens (tertiary/aromatic N) is 6. The van der Waals surface area contributed by atoms with Crippen LogP contribution in [0.2, 0.25) is 0 Å². The summed E-state index contributed by atoms with van der Waals surface area (Å²) in [6, 6.07) is 28.3. The second-order valence-electron chi connectivity index (χ2n) is 20.9. The maximum absolute atomic E-state index is 15.3. The molecule has 20 nitrogen and oxygen atoms in total. The molecule has 83 heavy (non-hydrogen) atoms. The quantitative estimate of drug-likeness (QED) is 0.0328. The number of allylic oxidation sites excluding steroid dienone is 1. The highest BCUT2D eigenvalue weighted by Gasteiger charge is 2.39. The number of amides is 4. The number of carbonyl (C=O) groups excluding carboxylic acids is 4. The summed E-state index contributed by atoms with van der Waals surface area (Å²) >= 11 is 0. The number of methoxy groups -OCH3 is 6. The number of hydrogen-bond acceptors (Lipinski definition) is 16. The molecule has 0 saturated carbocycles. The fourth-order valence-corrected chi connectivity index (χ4v) is 12.6. The van der Waals surface area contributed by atoms with E-state index in [0.717, 1.165) is 33.6 Å². The van der Waals surface area contributed by atoms with Crippen LogP contribution in [0.15, 0.2) is 109 Å². The van der Waals surface area contributed by atoms with Crippen LogP contribution in [-0.4, -0.2) is 138 Å². The van der Waals surface area contributed by atoms with Gasteiger partial charge in [-0.25, -0.2) is 9.59 Å². The molecule has 2 aromatic heterocycles. The highest BCUT2D eigenvalue weighted by atomic mass is 33.1. The van der Waals surface area contributed by atoms with Crippen molar-refractivity contribution < 1.29 is 57.1 Å². The number of nitrogens with one attached hydrogen (secondary N) is 2. The predicted octanol–water partition coefficient (Wildman–Crippen LogP) is 10.1. The fraction of sp³-hybridized carbons (Fsp3) is 0.410. The largest absolute Gasteiger partial charge is 0.493 e. The van der Waals surface area contributed by atoms with Crippen LogP contribution in [0.25, 0.3) is 22.5 Å². The molecule has 0 saturated heterocycles. The first-order valence-electron chi connectivity index (χ1n) is 27.3. The number of hydrogen-bond donors (Lipinski definition) is 2. The highest BCUT2D eigenvalue weighted by molar-refractivity contribution is 8.76. The van der Waals surface area contributed by atoms with Gasteiger partial charge in [-0.15, -0.1) is 0 Å². The van der Waals surface area contributed by atoms with E-state index in [9.17, 15) is 9.59 Å². The molecule has 2 N–H and O–H groups in total. The molecule has 4 amide bonds. The Kier molecular flexibility index (Phi) is 20.5. The Morgan fingerprint density at radius 2 is 0.964 bits per heavy atom. The second kappa shape index (κ2) is 27.9. The van der Waals surface area contributed by atoms with Gasteiger partial charge in [-0.05, 0) is 101 Å². The van der Waals surface area contributed by atoms with Crippen LogP contribution >= 0.6 is 21.6 Å². The van der Waals surface area contributed by atoms with Crippen molar-refractivity contribution in [1.29, 1.82) is 0 Å². The van der Waals surface area contributed by atoms with Gasteiger partial charge in [0.05, 0.1) is 96.4 Å². The number of aromatic nitrogens is 4. The third-order valence-electron chi connectivity index (χ3n) is 14.1. The van der Waals surface area contributed by atoms with Gasteiger partial charge in [-0.2, -0.15) is 10.2 Å². The minimum Gasteiger partial charge on any atom is -0.493 e. The van der Waals surface area contributed by atoms with Crippen LogP contribution in [0.4, 0.5) is 9.59 Å². The lowest BCUT2D eigenvalue weighted by Crippen LogP contribution is -2.54. The van der Waals surface area contributed by atoms with Crippen LogP contribution < -0.4 is 39.1 Å². The molecular weight excluding hydrogens is 1100 g/mol. The van der Waals surface area contributed by atoms with E-state index in [0.29, 0.717) is 91.2 Å². The molecule has 4 atom stereocenters. The number of benzene rings is 4. The van der Waals surface area contributed by atoms with Gasteiger partial charge >= 0.3 is 12.2 Å². The first kappa shape index (κ1) is 61.1. The lowest BCUT2D eigenvalue weighted by molar-refractivity contribution is -0.137. The van der Waals surface area contributed by atoms with Gasteiger partial charge in [-0.1, -0.05) is 88.8 Å². The van der Waals surface area contributed by atoms with Gasteiger partial charge in [0.25, 0.3) is 0 Å². The van der Waals surface area contributed by atoms with Gasteiger partial charge in [0.15, 0.2) is 23.0 Å².